The Bertz CT molecular complexity index is 1020. The van der Waals surface area contributed by atoms with Crippen LogP contribution in [0, 0.1) is 0 Å². The molecule has 1 amide bonds. The number of thiazole rings is 1. The number of nitrogens with one attached hydrogen (secondary N) is 1. The van der Waals surface area contributed by atoms with Gasteiger partial charge in [0.2, 0.25) is 5.91 Å². The largest absolute Gasteiger partial charge is 0.379 e. The number of hydrogen-bond acceptors (Lipinski definition) is 5. The van der Waals surface area contributed by atoms with E-state index in [4.69, 9.17) is 27.9 Å². The summed E-state index contributed by atoms with van der Waals surface area (Å²) >= 11 is 13.5. The van der Waals surface area contributed by atoms with E-state index in [0.717, 1.165) is 49.1 Å². The van der Waals surface area contributed by atoms with Crippen LogP contribution in [0.15, 0.2) is 47.8 Å². The van der Waals surface area contributed by atoms with Crippen molar-refractivity contribution in [3.8, 4) is 10.6 Å². The highest BCUT2D eigenvalue weighted by atomic mass is 35.5. The number of aromatic nitrogens is 1. The first-order chi connectivity index (χ1) is 14.6. The Labute approximate surface area is 189 Å². The van der Waals surface area contributed by atoms with Crippen molar-refractivity contribution in [2.45, 2.75) is 13.0 Å². The Balaban J connectivity index is 1.35. The van der Waals surface area contributed by atoms with Crippen molar-refractivity contribution in [2.24, 2.45) is 0 Å². The first-order valence-corrected chi connectivity index (χ1v) is 11.3. The molecule has 156 valence electrons. The average molecular weight is 462 g/mol. The van der Waals surface area contributed by atoms with E-state index in [-0.39, 0.29) is 12.3 Å². The number of halogens is 2. The van der Waals surface area contributed by atoms with Crippen LogP contribution in [0.2, 0.25) is 10.0 Å². The quantitative estimate of drug-likeness (QED) is 0.552. The summed E-state index contributed by atoms with van der Waals surface area (Å²) in [6.45, 7) is 4.48. The molecule has 1 aliphatic heterocycles. The number of carbonyl (C=O) groups is 1. The number of hydrogen-bond donors (Lipinski definition) is 1. The zero-order valence-corrected chi connectivity index (χ0v) is 18.6. The van der Waals surface area contributed by atoms with E-state index < -0.39 is 0 Å². The van der Waals surface area contributed by atoms with E-state index in [1.54, 1.807) is 18.2 Å². The van der Waals surface area contributed by atoms with Gasteiger partial charge in [0.25, 0.3) is 0 Å². The summed E-state index contributed by atoms with van der Waals surface area (Å²) in [5, 5.41) is 6.56. The Morgan fingerprint density at radius 2 is 1.90 bits per heavy atom. The highest BCUT2D eigenvalue weighted by Crippen LogP contribution is 2.27. The maximum absolute atomic E-state index is 12.3. The Morgan fingerprint density at radius 1 is 1.13 bits per heavy atom. The second kappa shape index (κ2) is 9.90. The first-order valence-electron chi connectivity index (χ1n) is 9.65. The Morgan fingerprint density at radius 3 is 2.63 bits per heavy atom. The van der Waals surface area contributed by atoms with Gasteiger partial charge in [0.15, 0.2) is 0 Å². The van der Waals surface area contributed by atoms with Crippen LogP contribution in [-0.2, 0) is 22.5 Å². The lowest BCUT2D eigenvalue weighted by Gasteiger charge is -2.26. The lowest BCUT2D eigenvalue weighted by atomic mass is 10.1. The topological polar surface area (TPSA) is 54.5 Å². The van der Waals surface area contributed by atoms with Crippen LogP contribution in [0.1, 0.15) is 11.3 Å². The zero-order chi connectivity index (χ0) is 20.9. The standard InChI is InChI=1S/C22H21Cl2N3O2S/c23-17-5-6-20(19(24)11-17)26-21(28)12-18-14-30-22(25-18)16-3-1-15(2-4-16)13-27-7-9-29-10-8-27/h1-6,11,14H,7-10,12-13H2,(H,26,28). The van der Waals surface area contributed by atoms with Gasteiger partial charge in [-0.25, -0.2) is 4.98 Å². The third kappa shape index (κ3) is 5.59. The van der Waals surface area contributed by atoms with Gasteiger partial charge in [-0.2, -0.15) is 0 Å². The zero-order valence-electron chi connectivity index (χ0n) is 16.2. The van der Waals surface area contributed by atoms with Crippen LogP contribution in [-0.4, -0.2) is 42.1 Å². The molecule has 1 saturated heterocycles. The molecule has 8 heteroatoms. The number of ether oxygens (including phenoxy) is 1. The van der Waals surface area contributed by atoms with Crippen LogP contribution < -0.4 is 5.32 Å². The van der Waals surface area contributed by atoms with Crippen LogP contribution in [0.5, 0.6) is 0 Å². The molecule has 0 atom stereocenters. The van der Waals surface area contributed by atoms with E-state index >= 15 is 0 Å². The maximum atomic E-state index is 12.3. The average Bonchev–Trinajstić information content (AvgIpc) is 3.20. The van der Waals surface area contributed by atoms with E-state index in [2.05, 4.69) is 39.5 Å². The summed E-state index contributed by atoms with van der Waals surface area (Å²) in [4.78, 5) is 19.4. The molecule has 0 bridgehead atoms. The third-order valence-corrected chi connectivity index (χ3v) is 6.30. The van der Waals surface area contributed by atoms with Crippen LogP contribution in [0.3, 0.4) is 0 Å². The van der Waals surface area contributed by atoms with Gasteiger partial charge in [-0.3, -0.25) is 9.69 Å². The highest BCUT2D eigenvalue weighted by molar-refractivity contribution is 7.13. The van der Waals surface area contributed by atoms with Crippen molar-refractivity contribution in [2.75, 3.05) is 31.6 Å². The normalized spacial score (nSPS) is 14.6. The molecule has 0 unspecified atom stereocenters. The molecular weight excluding hydrogens is 441 g/mol. The van der Waals surface area contributed by atoms with E-state index in [1.807, 2.05) is 5.38 Å². The number of rotatable bonds is 6. The number of amides is 1. The second-order valence-corrected chi connectivity index (χ2v) is 8.78. The van der Waals surface area contributed by atoms with Crippen molar-refractivity contribution in [1.82, 2.24) is 9.88 Å². The summed E-state index contributed by atoms with van der Waals surface area (Å²) in [6.07, 6.45) is 0.185. The number of benzene rings is 2. The lowest BCUT2D eigenvalue weighted by Crippen LogP contribution is -2.35. The molecule has 4 rings (SSSR count). The smallest absolute Gasteiger partial charge is 0.230 e. The molecule has 30 heavy (non-hydrogen) atoms. The molecule has 0 spiro atoms. The molecule has 1 aromatic heterocycles. The fourth-order valence-electron chi connectivity index (χ4n) is 3.24. The van der Waals surface area contributed by atoms with Crippen molar-refractivity contribution in [3.63, 3.8) is 0 Å². The predicted molar refractivity (Wildman–Crippen MR) is 122 cm³/mol. The third-order valence-electron chi connectivity index (χ3n) is 4.81. The van der Waals surface area contributed by atoms with Crippen molar-refractivity contribution in [3.05, 3.63) is 69.1 Å². The van der Waals surface area contributed by atoms with Crippen molar-refractivity contribution < 1.29 is 9.53 Å². The molecule has 2 aromatic carbocycles. The van der Waals surface area contributed by atoms with E-state index in [1.165, 1.54) is 16.9 Å². The van der Waals surface area contributed by atoms with Gasteiger partial charge in [0, 0.05) is 35.6 Å². The van der Waals surface area contributed by atoms with Gasteiger partial charge < -0.3 is 10.1 Å². The van der Waals surface area contributed by atoms with Gasteiger partial charge in [-0.15, -0.1) is 11.3 Å². The number of carbonyl (C=O) groups excluding carboxylic acids is 1. The van der Waals surface area contributed by atoms with Crippen molar-refractivity contribution in [1.29, 1.82) is 0 Å². The molecule has 0 saturated carbocycles. The minimum absolute atomic E-state index is 0.170. The molecule has 2 heterocycles. The Hall–Kier alpha value is -1.96. The molecule has 1 fully saturated rings. The van der Waals surface area contributed by atoms with Gasteiger partial charge in [0.1, 0.15) is 5.01 Å². The molecule has 0 aliphatic carbocycles. The molecule has 1 N–H and O–H groups in total. The fraction of sp³-hybridized carbons (Fsp3) is 0.273. The summed E-state index contributed by atoms with van der Waals surface area (Å²) in [7, 11) is 0. The molecule has 1 aliphatic rings. The summed E-state index contributed by atoms with van der Waals surface area (Å²) in [5.74, 6) is -0.170. The van der Waals surface area contributed by atoms with Crippen molar-refractivity contribution >= 4 is 46.1 Å². The SMILES string of the molecule is O=C(Cc1csc(-c2ccc(CN3CCOCC3)cc2)n1)Nc1ccc(Cl)cc1Cl. The molecule has 0 radical (unpaired) electrons. The van der Waals surface area contributed by atoms with Gasteiger partial charge in [0.05, 0.1) is 36.0 Å². The van der Waals surface area contributed by atoms with E-state index in [0.29, 0.717) is 15.7 Å². The van der Waals surface area contributed by atoms with E-state index in [9.17, 15) is 4.79 Å². The predicted octanol–water partition coefficient (Wildman–Crippen LogP) is 5.13. The van der Waals surface area contributed by atoms with Gasteiger partial charge in [-0.05, 0) is 23.8 Å². The minimum atomic E-state index is -0.170. The van der Waals surface area contributed by atoms with Gasteiger partial charge >= 0.3 is 0 Å². The number of nitrogens with zero attached hydrogens (tertiary/aromatic N) is 2. The Kier molecular flexibility index (Phi) is 7.02. The number of morpholine rings is 1. The minimum Gasteiger partial charge on any atom is -0.379 e. The molecule has 3 aromatic rings. The van der Waals surface area contributed by atoms with Crippen LogP contribution >= 0.6 is 34.5 Å². The summed E-state index contributed by atoms with van der Waals surface area (Å²) in [5.41, 5.74) is 3.60. The molecule has 5 nitrogen and oxygen atoms in total. The van der Waals surface area contributed by atoms with Crippen LogP contribution in [0.4, 0.5) is 5.69 Å². The lowest BCUT2D eigenvalue weighted by molar-refractivity contribution is -0.115. The fourth-order valence-corrected chi connectivity index (χ4v) is 4.52. The van der Waals surface area contributed by atoms with Gasteiger partial charge in [-0.1, -0.05) is 47.5 Å². The second-order valence-electron chi connectivity index (χ2n) is 7.08. The summed E-state index contributed by atoms with van der Waals surface area (Å²) in [6, 6.07) is 13.4. The highest BCUT2D eigenvalue weighted by Gasteiger charge is 2.13. The summed E-state index contributed by atoms with van der Waals surface area (Å²) < 4.78 is 5.40. The monoisotopic (exact) mass is 461 g/mol. The maximum Gasteiger partial charge on any atom is 0.230 e. The number of anilines is 1. The van der Waals surface area contributed by atoms with Crippen LogP contribution in [0.25, 0.3) is 10.6 Å². The first kappa shape index (κ1) is 21.3. The molecular formula is C22H21Cl2N3O2S.